The molecule has 2 atom stereocenters. The second-order valence-electron chi connectivity index (χ2n) is 4.77. The van der Waals surface area contributed by atoms with Gasteiger partial charge in [-0.2, -0.15) is 8.78 Å². The van der Waals surface area contributed by atoms with Crippen molar-refractivity contribution in [3.8, 4) is 0 Å². The molecule has 1 fully saturated rings. The molecular weight excluding hydrogens is 273 g/mol. The van der Waals surface area contributed by atoms with E-state index in [0.717, 1.165) is 0 Å². The SMILES string of the molecule is CC(F)(F)C(=O)NC1CC(=O)NC1c1cccc(F)c1. The number of nitrogens with one attached hydrogen (secondary N) is 2. The molecule has 2 unspecified atom stereocenters. The lowest BCUT2D eigenvalue weighted by Crippen LogP contribution is -2.45. The molecule has 2 rings (SSSR count). The van der Waals surface area contributed by atoms with Crippen LogP contribution >= 0.6 is 0 Å². The number of carbonyl (C=O) groups is 2. The Hall–Kier alpha value is -2.05. The highest BCUT2D eigenvalue weighted by molar-refractivity contribution is 5.86. The van der Waals surface area contributed by atoms with Crippen LogP contribution in [0.1, 0.15) is 24.9 Å². The van der Waals surface area contributed by atoms with E-state index in [1.807, 2.05) is 0 Å². The second-order valence-corrected chi connectivity index (χ2v) is 4.77. The Bertz CT molecular complexity index is 543. The molecule has 1 aliphatic rings. The fourth-order valence-corrected chi connectivity index (χ4v) is 2.10. The first-order chi connectivity index (χ1) is 9.27. The van der Waals surface area contributed by atoms with Crippen LogP contribution in [-0.2, 0) is 9.59 Å². The standard InChI is InChI=1S/C13H13F3N2O2/c1-13(15,16)12(20)17-9-6-10(19)18-11(9)7-3-2-4-8(14)5-7/h2-5,9,11H,6H2,1H3,(H,17,20)(H,18,19). The van der Waals surface area contributed by atoms with Crippen LogP contribution in [0.4, 0.5) is 13.2 Å². The van der Waals surface area contributed by atoms with Crippen LogP contribution in [0.5, 0.6) is 0 Å². The topological polar surface area (TPSA) is 58.2 Å². The van der Waals surface area contributed by atoms with Gasteiger partial charge in [0, 0.05) is 13.3 Å². The van der Waals surface area contributed by atoms with E-state index in [-0.39, 0.29) is 12.3 Å². The normalized spacial score (nSPS) is 22.5. The Morgan fingerprint density at radius 2 is 2.15 bits per heavy atom. The van der Waals surface area contributed by atoms with Crippen LogP contribution in [0.2, 0.25) is 0 Å². The molecule has 0 aliphatic carbocycles. The summed E-state index contributed by atoms with van der Waals surface area (Å²) in [5.41, 5.74) is 0.417. The second kappa shape index (κ2) is 5.15. The molecule has 0 bridgehead atoms. The maximum atomic E-state index is 13.2. The average molecular weight is 286 g/mol. The van der Waals surface area contributed by atoms with Crippen molar-refractivity contribution in [3.05, 3.63) is 35.6 Å². The number of benzene rings is 1. The van der Waals surface area contributed by atoms with Gasteiger partial charge in [0.1, 0.15) is 5.82 Å². The fraction of sp³-hybridized carbons (Fsp3) is 0.385. The van der Waals surface area contributed by atoms with Crippen LogP contribution < -0.4 is 10.6 Å². The summed E-state index contributed by atoms with van der Waals surface area (Å²) in [4.78, 5) is 22.7. The first-order valence-electron chi connectivity index (χ1n) is 6.01. The minimum absolute atomic E-state index is 0.122. The summed E-state index contributed by atoms with van der Waals surface area (Å²) in [6.07, 6.45) is -0.122. The summed E-state index contributed by atoms with van der Waals surface area (Å²) < 4.78 is 38.9. The Morgan fingerprint density at radius 3 is 2.75 bits per heavy atom. The highest BCUT2D eigenvalue weighted by Gasteiger charge is 2.39. The third-order valence-corrected chi connectivity index (χ3v) is 3.05. The third kappa shape index (κ3) is 3.09. The lowest BCUT2D eigenvalue weighted by molar-refractivity contribution is -0.143. The lowest BCUT2D eigenvalue weighted by atomic mass is 10.0. The average Bonchev–Trinajstić information content (AvgIpc) is 2.69. The van der Waals surface area contributed by atoms with Crippen molar-refractivity contribution in [3.63, 3.8) is 0 Å². The van der Waals surface area contributed by atoms with Crippen molar-refractivity contribution in [1.29, 1.82) is 0 Å². The number of hydrogen-bond donors (Lipinski definition) is 2. The Balaban J connectivity index is 2.19. The van der Waals surface area contributed by atoms with Crippen LogP contribution in [0.15, 0.2) is 24.3 Å². The van der Waals surface area contributed by atoms with Gasteiger partial charge in [-0.3, -0.25) is 9.59 Å². The third-order valence-electron chi connectivity index (χ3n) is 3.05. The molecule has 1 aliphatic heterocycles. The van der Waals surface area contributed by atoms with E-state index < -0.39 is 29.7 Å². The minimum Gasteiger partial charge on any atom is -0.347 e. The largest absolute Gasteiger partial charge is 0.347 e. The molecule has 4 nitrogen and oxygen atoms in total. The number of halogens is 3. The van der Waals surface area contributed by atoms with Gasteiger partial charge in [-0.15, -0.1) is 0 Å². The maximum absolute atomic E-state index is 13.2. The zero-order valence-corrected chi connectivity index (χ0v) is 10.6. The highest BCUT2D eigenvalue weighted by Crippen LogP contribution is 2.26. The van der Waals surface area contributed by atoms with Crippen molar-refractivity contribution in [1.82, 2.24) is 10.6 Å². The molecular formula is C13H13F3N2O2. The zero-order chi connectivity index (χ0) is 14.9. The van der Waals surface area contributed by atoms with Gasteiger partial charge in [-0.05, 0) is 17.7 Å². The quantitative estimate of drug-likeness (QED) is 0.885. The Kier molecular flexibility index (Phi) is 3.69. The fourth-order valence-electron chi connectivity index (χ4n) is 2.10. The summed E-state index contributed by atoms with van der Waals surface area (Å²) in [5, 5.41) is 4.66. The van der Waals surface area contributed by atoms with Gasteiger partial charge in [0.2, 0.25) is 5.91 Å². The number of amides is 2. The van der Waals surface area contributed by atoms with Crippen LogP contribution in [0, 0.1) is 5.82 Å². The number of hydrogen-bond acceptors (Lipinski definition) is 2. The summed E-state index contributed by atoms with van der Waals surface area (Å²) in [5.74, 6) is -5.88. The van der Waals surface area contributed by atoms with Gasteiger partial charge >= 0.3 is 5.92 Å². The number of carbonyl (C=O) groups excluding carboxylic acids is 2. The van der Waals surface area contributed by atoms with Gasteiger partial charge in [-0.1, -0.05) is 12.1 Å². The van der Waals surface area contributed by atoms with E-state index in [4.69, 9.17) is 0 Å². The number of alkyl halides is 2. The molecule has 2 amide bonds. The zero-order valence-electron chi connectivity index (χ0n) is 10.6. The van der Waals surface area contributed by atoms with Crippen molar-refractivity contribution in [2.75, 3.05) is 0 Å². The first kappa shape index (κ1) is 14.4. The van der Waals surface area contributed by atoms with E-state index in [2.05, 4.69) is 10.6 Å². The van der Waals surface area contributed by atoms with Crippen LogP contribution in [-0.4, -0.2) is 23.8 Å². The van der Waals surface area contributed by atoms with Crippen molar-refractivity contribution in [2.45, 2.75) is 31.4 Å². The molecule has 1 heterocycles. The minimum atomic E-state index is -3.53. The molecule has 20 heavy (non-hydrogen) atoms. The first-order valence-corrected chi connectivity index (χ1v) is 6.01. The Labute approximate surface area is 113 Å². The maximum Gasteiger partial charge on any atom is 0.321 e. The van der Waals surface area contributed by atoms with E-state index in [1.165, 1.54) is 18.2 Å². The smallest absolute Gasteiger partial charge is 0.321 e. The summed E-state index contributed by atoms with van der Waals surface area (Å²) in [6, 6.07) is 3.88. The van der Waals surface area contributed by atoms with Crippen molar-refractivity contribution in [2.24, 2.45) is 0 Å². The number of rotatable bonds is 3. The molecule has 108 valence electrons. The molecule has 1 saturated heterocycles. The molecule has 0 saturated carbocycles. The van der Waals surface area contributed by atoms with Crippen LogP contribution in [0.3, 0.4) is 0 Å². The van der Waals surface area contributed by atoms with E-state index in [9.17, 15) is 22.8 Å². The highest BCUT2D eigenvalue weighted by atomic mass is 19.3. The molecule has 7 heteroatoms. The van der Waals surface area contributed by atoms with Crippen molar-refractivity contribution >= 4 is 11.8 Å². The molecule has 0 radical (unpaired) electrons. The van der Waals surface area contributed by atoms with Gasteiger partial charge in [-0.25, -0.2) is 4.39 Å². The molecule has 1 aromatic carbocycles. The van der Waals surface area contributed by atoms with E-state index in [1.54, 1.807) is 6.07 Å². The van der Waals surface area contributed by atoms with Crippen LogP contribution in [0.25, 0.3) is 0 Å². The van der Waals surface area contributed by atoms with Gasteiger partial charge in [0.25, 0.3) is 5.91 Å². The predicted molar refractivity (Wildman–Crippen MR) is 64.5 cm³/mol. The van der Waals surface area contributed by atoms with Gasteiger partial charge in [0.15, 0.2) is 0 Å². The molecule has 0 spiro atoms. The lowest BCUT2D eigenvalue weighted by Gasteiger charge is -2.22. The van der Waals surface area contributed by atoms with E-state index in [0.29, 0.717) is 12.5 Å². The Morgan fingerprint density at radius 1 is 1.45 bits per heavy atom. The van der Waals surface area contributed by atoms with E-state index >= 15 is 0 Å². The predicted octanol–water partition coefficient (Wildman–Crippen LogP) is 1.53. The van der Waals surface area contributed by atoms with Gasteiger partial charge in [0.05, 0.1) is 12.1 Å². The van der Waals surface area contributed by atoms with Crippen molar-refractivity contribution < 1.29 is 22.8 Å². The summed E-state index contributed by atoms with van der Waals surface area (Å²) in [6.45, 7) is 0.476. The van der Waals surface area contributed by atoms with Gasteiger partial charge < -0.3 is 10.6 Å². The molecule has 1 aromatic rings. The summed E-state index contributed by atoms with van der Waals surface area (Å²) in [7, 11) is 0. The molecule has 0 aromatic heterocycles. The monoisotopic (exact) mass is 286 g/mol. The molecule has 2 N–H and O–H groups in total. The summed E-state index contributed by atoms with van der Waals surface area (Å²) >= 11 is 0.